The van der Waals surface area contributed by atoms with Crippen molar-refractivity contribution in [1.82, 2.24) is 20.4 Å². The van der Waals surface area contributed by atoms with Crippen LogP contribution in [0.3, 0.4) is 0 Å². The van der Waals surface area contributed by atoms with Crippen LogP contribution in [0.25, 0.3) is 0 Å². The number of hydrogen-bond acceptors (Lipinski definition) is 4. The number of aliphatic imine (C=N–C) groups is 1. The van der Waals surface area contributed by atoms with Crippen molar-refractivity contribution in [2.24, 2.45) is 4.99 Å². The van der Waals surface area contributed by atoms with E-state index in [9.17, 15) is 0 Å². The van der Waals surface area contributed by atoms with Crippen molar-refractivity contribution >= 4 is 29.9 Å². The maximum absolute atomic E-state index is 5.22. The molecule has 1 atom stereocenters. The summed E-state index contributed by atoms with van der Waals surface area (Å²) in [5.41, 5.74) is 0. The second-order valence-electron chi connectivity index (χ2n) is 7.28. The molecular weight excluding hydrogens is 441 g/mol. The molecule has 0 aromatic rings. The summed E-state index contributed by atoms with van der Waals surface area (Å²) in [6.07, 6.45) is 8.05. The lowest BCUT2D eigenvalue weighted by molar-refractivity contribution is 0.144. The molecule has 0 spiro atoms. The van der Waals surface area contributed by atoms with Crippen LogP contribution in [0.1, 0.15) is 45.4 Å². The number of methoxy groups -OCH3 is 1. The van der Waals surface area contributed by atoms with Crippen molar-refractivity contribution in [2.75, 3.05) is 60.0 Å². The first-order chi connectivity index (χ1) is 12.3. The van der Waals surface area contributed by atoms with Gasteiger partial charge in [0.15, 0.2) is 5.96 Å². The maximum Gasteiger partial charge on any atom is 0.191 e. The molecule has 0 aromatic carbocycles. The third-order valence-electron chi connectivity index (χ3n) is 5.47. The Bertz CT molecular complexity index is 392. The lowest BCUT2D eigenvalue weighted by atomic mass is 10.0. The SMILES string of the molecule is CCC1CCCCN1CCNC(=NC)NCCN(CCOC)C1CC1.I. The zero-order valence-electron chi connectivity index (χ0n) is 17.0. The average molecular weight is 481 g/mol. The minimum Gasteiger partial charge on any atom is -0.383 e. The fourth-order valence-electron chi connectivity index (χ4n) is 3.80. The quantitative estimate of drug-likeness (QED) is 0.269. The van der Waals surface area contributed by atoms with E-state index < -0.39 is 0 Å². The van der Waals surface area contributed by atoms with E-state index >= 15 is 0 Å². The minimum atomic E-state index is 0. The maximum atomic E-state index is 5.22. The van der Waals surface area contributed by atoms with Crippen LogP contribution in [0.5, 0.6) is 0 Å². The molecular formula is C19H40IN5O. The number of likely N-dealkylation sites (tertiary alicyclic amines) is 1. The second kappa shape index (κ2) is 14.0. The number of halogens is 1. The van der Waals surface area contributed by atoms with Crippen LogP contribution in [0.15, 0.2) is 4.99 Å². The minimum absolute atomic E-state index is 0. The van der Waals surface area contributed by atoms with Gasteiger partial charge in [0.25, 0.3) is 0 Å². The fraction of sp³-hybridized carbons (Fsp3) is 0.947. The van der Waals surface area contributed by atoms with Crippen LogP contribution in [0.4, 0.5) is 0 Å². The molecule has 1 aliphatic heterocycles. The van der Waals surface area contributed by atoms with Crippen molar-refractivity contribution in [3.8, 4) is 0 Å². The summed E-state index contributed by atoms with van der Waals surface area (Å²) in [6, 6.07) is 1.55. The Kier molecular flexibility index (Phi) is 12.8. The summed E-state index contributed by atoms with van der Waals surface area (Å²) in [6.45, 7) is 9.47. The molecule has 2 N–H and O–H groups in total. The molecule has 1 heterocycles. The molecule has 7 heteroatoms. The predicted molar refractivity (Wildman–Crippen MR) is 121 cm³/mol. The predicted octanol–water partition coefficient (Wildman–Crippen LogP) is 2.14. The summed E-state index contributed by atoms with van der Waals surface area (Å²) < 4.78 is 5.22. The Labute approximate surface area is 177 Å². The first kappa shape index (κ1) is 23.9. The monoisotopic (exact) mass is 481 g/mol. The number of hydrogen-bond donors (Lipinski definition) is 2. The Balaban J connectivity index is 0.00000338. The van der Waals surface area contributed by atoms with Gasteiger partial charge in [0, 0.05) is 59.0 Å². The zero-order chi connectivity index (χ0) is 17.9. The lowest BCUT2D eigenvalue weighted by Gasteiger charge is -2.35. The van der Waals surface area contributed by atoms with Crippen LogP contribution in [-0.4, -0.2) is 87.9 Å². The topological polar surface area (TPSA) is 52.1 Å². The first-order valence-electron chi connectivity index (χ1n) is 10.2. The van der Waals surface area contributed by atoms with Gasteiger partial charge in [-0.05, 0) is 38.6 Å². The average Bonchev–Trinajstić information content (AvgIpc) is 3.48. The van der Waals surface area contributed by atoms with Gasteiger partial charge in [-0.25, -0.2) is 0 Å². The van der Waals surface area contributed by atoms with Crippen molar-refractivity contribution in [2.45, 2.75) is 57.5 Å². The Hall–Kier alpha value is -0.120. The molecule has 0 aromatic heterocycles. The fourth-order valence-corrected chi connectivity index (χ4v) is 3.80. The molecule has 2 aliphatic rings. The Morgan fingerprint density at radius 1 is 1.15 bits per heavy atom. The summed E-state index contributed by atoms with van der Waals surface area (Å²) in [5, 5.41) is 6.94. The first-order valence-corrected chi connectivity index (χ1v) is 10.2. The Morgan fingerprint density at radius 2 is 1.92 bits per heavy atom. The van der Waals surface area contributed by atoms with Gasteiger partial charge in [-0.2, -0.15) is 0 Å². The van der Waals surface area contributed by atoms with E-state index in [4.69, 9.17) is 4.74 Å². The van der Waals surface area contributed by atoms with Gasteiger partial charge in [0.05, 0.1) is 6.61 Å². The van der Waals surface area contributed by atoms with Crippen molar-refractivity contribution in [3.63, 3.8) is 0 Å². The third kappa shape index (κ3) is 8.71. The van der Waals surface area contributed by atoms with Crippen LogP contribution < -0.4 is 10.6 Å². The van der Waals surface area contributed by atoms with Crippen molar-refractivity contribution in [3.05, 3.63) is 0 Å². The highest BCUT2D eigenvalue weighted by Gasteiger charge is 2.28. The Morgan fingerprint density at radius 3 is 2.58 bits per heavy atom. The van der Waals surface area contributed by atoms with E-state index in [-0.39, 0.29) is 24.0 Å². The highest BCUT2D eigenvalue weighted by Crippen LogP contribution is 2.25. The molecule has 1 saturated carbocycles. The number of rotatable bonds is 11. The summed E-state index contributed by atoms with van der Waals surface area (Å²) in [5.74, 6) is 0.924. The van der Waals surface area contributed by atoms with E-state index in [0.717, 1.165) is 57.4 Å². The molecule has 2 fully saturated rings. The lowest BCUT2D eigenvalue weighted by Crippen LogP contribution is -2.47. The largest absolute Gasteiger partial charge is 0.383 e. The van der Waals surface area contributed by atoms with Gasteiger partial charge in [-0.3, -0.25) is 14.8 Å². The molecule has 154 valence electrons. The molecule has 1 saturated heterocycles. The number of ether oxygens (including phenoxy) is 1. The van der Waals surface area contributed by atoms with E-state index in [1.165, 1.54) is 45.1 Å². The number of guanidine groups is 1. The van der Waals surface area contributed by atoms with Crippen LogP contribution >= 0.6 is 24.0 Å². The van der Waals surface area contributed by atoms with E-state index in [1.807, 2.05) is 7.05 Å². The zero-order valence-corrected chi connectivity index (χ0v) is 19.3. The standard InChI is InChI=1S/C19H39N5O.HI/c1-4-17-7-5-6-12-23(17)13-10-21-19(20-2)22-11-14-24(15-16-25-3)18-8-9-18;/h17-18H,4-16H2,1-3H3,(H2,20,21,22);1H. The van der Waals surface area contributed by atoms with Crippen molar-refractivity contribution in [1.29, 1.82) is 0 Å². The smallest absolute Gasteiger partial charge is 0.191 e. The van der Waals surface area contributed by atoms with Gasteiger partial charge >= 0.3 is 0 Å². The van der Waals surface area contributed by atoms with Crippen LogP contribution in [0, 0.1) is 0 Å². The molecule has 2 rings (SSSR count). The summed E-state index contributed by atoms with van der Waals surface area (Å²) in [4.78, 5) is 9.54. The summed E-state index contributed by atoms with van der Waals surface area (Å²) >= 11 is 0. The molecule has 6 nitrogen and oxygen atoms in total. The third-order valence-corrected chi connectivity index (χ3v) is 5.47. The van der Waals surface area contributed by atoms with Gasteiger partial charge in [-0.15, -0.1) is 24.0 Å². The van der Waals surface area contributed by atoms with Crippen molar-refractivity contribution < 1.29 is 4.74 Å². The second-order valence-corrected chi connectivity index (χ2v) is 7.28. The molecule has 1 unspecified atom stereocenters. The number of piperidine rings is 1. The van der Waals surface area contributed by atoms with E-state index in [1.54, 1.807) is 7.11 Å². The van der Waals surface area contributed by atoms with Gasteiger partial charge in [-0.1, -0.05) is 13.3 Å². The molecule has 26 heavy (non-hydrogen) atoms. The van der Waals surface area contributed by atoms with Crippen LogP contribution in [0.2, 0.25) is 0 Å². The highest BCUT2D eigenvalue weighted by molar-refractivity contribution is 14.0. The summed E-state index contributed by atoms with van der Waals surface area (Å²) in [7, 11) is 3.63. The van der Waals surface area contributed by atoms with E-state index in [2.05, 4.69) is 32.3 Å². The molecule has 0 radical (unpaired) electrons. The van der Waals surface area contributed by atoms with Gasteiger partial charge in [0.1, 0.15) is 0 Å². The molecule has 1 aliphatic carbocycles. The molecule has 0 amide bonds. The van der Waals surface area contributed by atoms with E-state index in [0.29, 0.717) is 0 Å². The normalized spacial score (nSPS) is 21.5. The van der Waals surface area contributed by atoms with Crippen LogP contribution in [-0.2, 0) is 4.74 Å². The van der Waals surface area contributed by atoms with Gasteiger partial charge in [0.2, 0.25) is 0 Å². The number of nitrogens with one attached hydrogen (secondary N) is 2. The number of nitrogens with zero attached hydrogens (tertiary/aromatic N) is 3. The van der Waals surface area contributed by atoms with Gasteiger partial charge < -0.3 is 15.4 Å². The highest BCUT2D eigenvalue weighted by atomic mass is 127. The molecule has 0 bridgehead atoms.